The molecular formula is C26H24N6. The van der Waals surface area contributed by atoms with Gasteiger partial charge in [-0.05, 0) is 24.3 Å². The molecule has 6 nitrogen and oxygen atoms in total. The summed E-state index contributed by atoms with van der Waals surface area (Å²) in [4.78, 5) is 19.5. The van der Waals surface area contributed by atoms with E-state index in [9.17, 15) is 0 Å². The summed E-state index contributed by atoms with van der Waals surface area (Å²) in [7, 11) is 0. The first kappa shape index (κ1) is 19.0. The minimum atomic E-state index is 0.784. The lowest BCUT2D eigenvalue weighted by Gasteiger charge is -2.35. The molecule has 0 aliphatic carbocycles. The van der Waals surface area contributed by atoms with Crippen LogP contribution in [0.4, 0.5) is 5.82 Å². The van der Waals surface area contributed by atoms with Crippen molar-refractivity contribution < 1.29 is 0 Å². The maximum atomic E-state index is 5.01. The highest BCUT2D eigenvalue weighted by atomic mass is 15.3. The Morgan fingerprint density at radius 1 is 0.719 bits per heavy atom. The number of benzene rings is 2. The molecule has 0 unspecified atom stereocenters. The summed E-state index contributed by atoms with van der Waals surface area (Å²) in [6, 6.07) is 24.7. The molecule has 32 heavy (non-hydrogen) atoms. The maximum Gasteiger partial charge on any atom is 0.162 e. The second-order valence-corrected chi connectivity index (χ2v) is 8.22. The molecule has 0 amide bonds. The number of hydrogen-bond donors (Lipinski definition) is 0. The molecule has 3 aromatic heterocycles. The first-order chi connectivity index (χ1) is 15.8. The van der Waals surface area contributed by atoms with Crippen molar-refractivity contribution in [2.45, 2.75) is 6.54 Å². The van der Waals surface area contributed by atoms with Crippen LogP contribution < -0.4 is 4.90 Å². The predicted octanol–water partition coefficient (Wildman–Crippen LogP) is 4.27. The van der Waals surface area contributed by atoms with Crippen LogP contribution in [0, 0.1) is 0 Å². The van der Waals surface area contributed by atoms with Crippen LogP contribution in [0.15, 0.2) is 85.2 Å². The van der Waals surface area contributed by atoms with Crippen LogP contribution in [0.3, 0.4) is 0 Å². The summed E-state index contributed by atoms with van der Waals surface area (Å²) < 4.78 is 2.09. The van der Waals surface area contributed by atoms with Crippen LogP contribution in [0.5, 0.6) is 0 Å². The van der Waals surface area contributed by atoms with E-state index in [0.717, 1.165) is 72.2 Å². The fraction of sp³-hybridized carbons (Fsp3) is 0.192. The lowest BCUT2D eigenvalue weighted by Crippen LogP contribution is -2.46. The van der Waals surface area contributed by atoms with Crippen LogP contribution in [0.25, 0.3) is 27.9 Å². The third-order valence-electron chi connectivity index (χ3n) is 6.09. The van der Waals surface area contributed by atoms with E-state index in [1.807, 2.05) is 48.7 Å². The fourth-order valence-electron chi connectivity index (χ4n) is 4.43. The van der Waals surface area contributed by atoms with E-state index in [1.165, 1.54) is 0 Å². The maximum absolute atomic E-state index is 5.01. The number of nitrogens with zero attached hydrogens (tertiary/aromatic N) is 6. The Bertz CT molecular complexity index is 1340. The number of piperazine rings is 1. The van der Waals surface area contributed by atoms with Crippen LogP contribution in [-0.2, 0) is 6.54 Å². The standard InChI is InChI=1S/C26H24N6/c1-2-8-20(9-3-1)25-28-23-11-5-4-10-22(23)26(29-25)31-16-14-30(15-17-31)18-21-19-32-13-7-6-12-24(32)27-21/h1-13,19H,14-18H2. The van der Waals surface area contributed by atoms with Gasteiger partial charge in [0.05, 0.1) is 11.2 Å². The lowest BCUT2D eigenvalue weighted by atomic mass is 10.1. The molecule has 158 valence electrons. The highest BCUT2D eigenvalue weighted by molar-refractivity contribution is 5.91. The lowest BCUT2D eigenvalue weighted by molar-refractivity contribution is 0.247. The Morgan fingerprint density at radius 3 is 2.34 bits per heavy atom. The number of aromatic nitrogens is 4. The van der Waals surface area contributed by atoms with E-state index in [2.05, 4.69) is 50.7 Å². The Balaban J connectivity index is 1.24. The molecule has 0 atom stereocenters. The first-order valence-corrected chi connectivity index (χ1v) is 11.1. The summed E-state index contributed by atoms with van der Waals surface area (Å²) in [5, 5.41) is 1.11. The molecule has 2 aromatic carbocycles. The molecule has 0 N–H and O–H groups in total. The van der Waals surface area contributed by atoms with Gasteiger partial charge in [-0.1, -0.05) is 48.5 Å². The topological polar surface area (TPSA) is 49.6 Å². The summed E-state index contributed by atoms with van der Waals surface area (Å²) in [5.74, 6) is 1.81. The molecule has 1 aliphatic heterocycles. The Labute approximate surface area is 186 Å². The average molecular weight is 421 g/mol. The highest BCUT2D eigenvalue weighted by Crippen LogP contribution is 2.28. The van der Waals surface area contributed by atoms with Crippen molar-refractivity contribution in [3.05, 3.63) is 90.9 Å². The van der Waals surface area contributed by atoms with Crippen molar-refractivity contribution in [3.8, 4) is 11.4 Å². The number of imidazole rings is 1. The zero-order chi connectivity index (χ0) is 21.3. The molecule has 6 heteroatoms. The van der Waals surface area contributed by atoms with Gasteiger partial charge in [0.15, 0.2) is 5.82 Å². The van der Waals surface area contributed by atoms with E-state index in [-0.39, 0.29) is 0 Å². The Kier molecular flexibility index (Phi) is 4.77. The number of fused-ring (bicyclic) bond motifs is 2. The van der Waals surface area contributed by atoms with E-state index in [4.69, 9.17) is 15.0 Å². The second-order valence-electron chi connectivity index (χ2n) is 8.22. The quantitative estimate of drug-likeness (QED) is 0.435. The van der Waals surface area contributed by atoms with Crippen LogP contribution >= 0.6 is 0 Å². The molecule has 0 bridgehead atoms. The van der Waals surface area contributed by atoms with Crippen molar-refractivity contribution in [3.63, 3.8) is 0 Å². The number of pyridine rings is 1. The van der Waals surface area contributed by atoms with Crippen LogP contribution in [0.2, 0.25) is 0 Å². The molecule has 6 rings (SSSR count). The molecule has 0 spiro atoms. The number of rotatable bonds is 4. The summed E-state index contributed by atoms with van der Waals surface area (Å²) in [6.07, 6.45) is 4.18. The third-order valence-corrected chi connectivity index (χ3v) is 6.09. The Hall–Kier alpha value is -3.77. The molecule has 1 saturated heterocycles. The second kappa shape index (κ2) is 8.05. The number of hydrogen-bond acceptors (Lipinski definition) is 5. The van der Waals surface area contributed by atoms with Crippen molar-refractivity contribution in [1.82, 2.24) is 24.3 Å². The number of para-hydroxylation sites is 1. The molecule has 4 heterocycles. The minimum Gasteiger partial charge on any atom is -0.353 e. The van der Waals surface area contributed by atoms with Crippen molar-refractivity contribution in [2.75, 3.05) is 31.1 Å². The van der Waals surface area contributed by atoms with Gasteiger partial charge in [0.2, 0.25) is 0 Å². The van der Waals surface area contributed by atoms with Gasteiger partial charge in [0.25, 0.3) is 0 Å². The van der Waals surface area contributed by atoms with Crippen molar-refractivity contribution in [2.24, 2.45) is 0 Å². The normalized spacial score (nSPS) is 14.9. The zero-order valence-corrected chi connectivity index (χ0v) is 17.8. The SMILES string of the molecule is c1ccc(-c2nc(N3CCN(Cc4cn5ccccc5n4)CC3)c3ccccc3n2)cc1. The van der Waals surface area contributed by atoms with E-state index >= 15 is 0 Å². The molecule has 0 radical (unpaired) electrons. The largest absolute Gasteiger partial charge is 0.353 e. The van der Waals surface area contributed by atoms with E-state index < -0.39 is 0 Å². The van der Waals surface area contributed by atoms with Gasteiger partial charge in [-0.15, -0.1) is 0 Å². The van der Waals surface area contributed by atoms with Gasteiger partial charge in [-0.2, -0.15) is 0 Å². The van der Waals surface area contributed by atoms with Gasteiger partial charge in [0, 0.05) is 56.1 Å². The van der Waals surface area contributed by atoms with Gasteiger partial charge < -0.3 is 9.30 Å². The Morgan fingerprint density at radius 2 is 1.50 bits per heavy atom. The molecule has 5 aromatic rings. The van der Waals surface area contributed by atoms with Crippen molar-refractivity contribution >= 4 is 22.4 Å². The van der Waals surface area contributed by atoms with Gasteiger partial charge >= 0.3 is 0 Å². The molecular weight excluding hydrogens is 396 g/mol. The minimum absolute atomic E-state index is 0.784. The number of anilines is 1. The third kappa shape index (κ3) is 3.59. The average Bonchev–Trinajstić information content (AvgIpc) is 3.27. The van der Waals surface area contributed by atoms with Gasteiger partial charge in [-0.25, -0.2) is 15.0 Å². The van der Waals surface area contributed by atoms with Crippen molar-refractivity contribution in [1.29, 1.82) is 0 Å². The monoisotopic (exact) mass is 420 g/mol. The fourth-order valence-corrected chi connectivity index (χ4v) is 4.43. The highest BCUT2D eigenvalue weighted by Gasteiger charge is 2.22. The molecule has 1 aliphatic rings. The van der Waals surface area contributed by atoms with Gasteiger partial charge in [-0.3, -0.25) is 4.90 Å². The van der Waals surface area contributed by atoms with Crippen LogP contribution in [-0.4, -0.2) is 50.4 Å². The van der Waals surface area contributed by atoms with E-state index in [0.29, 0.717) is 0 Å². The summed E-state index contributed by atoms with van der Waals surface area (Å²) in [5.41, 5.74) is 4.15. The van der Waals surface area contributed by atoms with Crippen LogP contribution in [0.1, 0.15) is 5.69 Å². The van der Waals surface area contributed by atoms with E-state index in [1.54, 1.807) is 0 Å². The zero-order valence-electron chi connectivity index (χ0n) is 17.8. The summed E-state index contributed by atoms with van der Waals surface area (Å²) in [6.45, 7) is 4.69. The first-order valence-electron chi connectivity index (χ1n) is 11.1. The smallest absolute Gasteiger partial charge is 0.162 e. The van der Waals surface area contributed by atoms with Gasteiger partial charge in [0.1, 0.15) is 11.5 Å². The summed E-state index contributed by atoms with van der Waals surface area (Å²) >= 11 is 0. The predicted molar refractivity (Wildman–Crippen MR) is 128 cm³/mol. The molecule has 0 saturated carbocycles. The molecule has 1 fully saturated rings.